The molecule has 2 aromatic carbocycles. The molecule has 2 aliphatic carbocycles. The van der Waals surface area contributed by atoms with E-state index in [0.29, 0.717) is 11.5 Å². The number of rotatable bonds is 8. The van der Waals surface area contributed by atoms with Gasteiger partial charge in [-0.2, -0.15) is 0 Å². The lowest BCUT2D eigenvalue weighted by Gasteiger charge is -2.41. The fourth-order valence-electron chi connectivity index (χ4n) is 7.07. The zero-order chi connectivity index (χ0) is 25.8. The molecule has 0 radical (unpaired) electrons. The third kappa shape index (κ3) is 6.49. The van der Waals surface area contributed by atoms with Gasteiger partial charge in [0.1, 0.15) is 0 Å². The molecule has 3 aliphatic rings. The van der Waals surface area contributed by atoms with Crippen LogP contribution < -0.4 is 5.32 Å². The molecule has 37 heavy (non-hydrogen) atoms. The summed E-state index contributed by atoms with van der Waals surface area (Å²) in [5.41, 5.74) is 4.88. The van der Waals surface area contributed by atoms with E-state index >= 15 is 0 Å². The molecular formula is C34H49N3. The van der Waals surface area contributed by atoms with E-state index in [2.05, 4.69) is 110 Å². The molecule has 2 aromatic rings. The van der Waals surface area contributed by atoms with Crippen LogP contribution in [0.2, 0.25) is 0 Å². The average molecular weight is 500 g/mol. The van der Waals surface area contributed by atoms with Crippen LogP contribution >= 0.6 is 0 Å². The highest BCUT2D eigenvalue weighted by Gasteiger charge is 2.42. The van der Waals surface area contributed by atoms with E-state index in [1.807, 2.05) is 0 Å². The van der Waals surface area contributed by atoms with Gasteiger partial charge in [0.25, 0.3) is 0 Å². The van der Waals surface area contributed by atoms with Crippen molar-refractivity contribution in [1.82, 2.24) is 15.1 Å². The molecule has 3 heteroatoms. The van der Waals surface area contributed by atoms with Crippen molar-refractivity contribution in [3.8, 4) is 0 Å². The first-order chi connectivity index (χ1) is 17.9. The quantitative estimate of drug-likeness (QED) is 0.417. The Morgan fingerprint density at radius 2 is 1.43 bits per heavy atom. The SMILES string of the molecule is CC=C(C1CC1CNC1CCC(C(C)(C)C)CC1)N1CCN(C(c2ccccc2)c2ccccc2)CC1. The second kappa shape index (κ2) is 11.7. The Bertz CT molecular complexity index is 953. The van der Waals surface area contributed by atoms with Crippen LogP contribution in [0.25, 0.3) is 0 Å². The van der Waals surface area contributed by atoms with Crippen LogP contribution in [0.4, 0.5) is 0 Å². The number of hydrogen-bond acceptors (Lipinski definition) is 3. The van der Waals surface area contributed by atoms with E-state index in [9.17, 15) is 0 Å². The van der Waals surface area contributed by atoms with E-state index < -0.39 is 0 Å². The van der Waals surface area contributed by atoms with Crippen molar-refractivity contribution in [1.29, 1.82) is 0 Å². The standard InChI is InChI=1S/C34H49N3/c1-5-32(31-24-28(31)25-35-30-18-16-29(17-19-30)34(2,3)4)36-20-22-37(23-21-36)33(26-12-8-6-9-13-26)27-14-10-7-11-15-27/h5-15,28-31,33,35H,16-25H2,1-4H3. The summed E-state index contributed by atoms with van der Waals surface area (Å²) in [6.45, 7) is 15.2. The maximum Gasteiger partial charge on any atom is 0.0603 e. The molecule has 3 fully saturated rings. The second-order valence-corrected chi connectivity index (χ2v) is 12.9. The monoisotopic (exact) mass is 499 g/mol. The Labute approximate surface area is 226 Å². The summed E-state index contributed by atoms with van der Waals surface area (Å²) in [6.07, 6.45) is 9.30. The van der Waals surface area contributed by atoms with Crippen LogP contribution in [0.15, 0.2) is 72.4 Å². The van der Waals surface area contributed by atoms with Gasteiger partial charge in [0.2, 0.25) is 0 Å². The predicted molar refractivity (Wildman–Crippen MR) is 156 cm³/mol. The Morgan fingerprint density at radius 1 is 0.865 bits per heavy atom. The Kier molecular flexibility index (Phi) is 8.41. The molecular weight excluding hydrogens is 450 g/mol. The van der Waals surface area contributed by atoms with Crippen molar-refractivity contribution >= 4 is 0 Å². The van der Waals surface area contributed by atoms with Gasteiger partial charge < -0.3 is 10.2 Å². The first-order valence-corrected chi connectivity index (χ1v) is 14.9. The summed E-state index contributed by atoms with van der Waals surface area (Å²) < 4.78 is 0. The molecule has 0 amide bonds. The number of hydrogen-bond donors (Lipinski definition) is 1. The Hall–Kier alpha value is -2.10. The van der Waals surface area contributed by atoms with Crippen LogP contribution in [0, 0.1) is 23.2 Å². The van der Waals surface area contributed by atoms with Gasteiger partial charge in [-0.1, -0.05) is 87.5 Å². The summed E-state index contributed by atoms with van der Waals surface area (Å²) in [5, 5.41) is 3.97. The second-order valence-electron chi connectivity index (χ2n) is 12.9. The zero-order valence-electron chi connectivity index (χ0n) is 23.7. The van der Waals surface area contributed by atoms with E-state index in [1.165, 1.54) is 49.8 Å². The molecule has 5 rings (SSSR count). The van der Waals surface area contributed by atoms with Crippen molar-refractivity contribution in [3.05, 3.63) is 83.6 Å². The minimum Gasteiger partial charge on any atom is -0.372 e. The van der Waals surface area contributed by atoms with Crippen molar-refractivity contribution in [3.63, 3.8) is 0 Å². The molecule has 1 saturated heterocycles. The molecule has 1 N–H and O–H groups in total. The lowest BCUT2D eigenvalue weighted by atomic mass is 9.71. The lowest BCUT2D eigenvalue weighted by Crippen LogP contribution is -2.47. The normalized spacial score (nSPS) is 27.5. The molecule has 2 unspecified atom stereocenters. The van der Waals surface area contributed by atoms with Gasteiger partial charge in [0.05, 0.1) is 6.04 Å². The van der Waals surface area contributed by atoms with Gasteiger partial charge in [-0.15, -0.1) is 0 Å². The fraction of sp³-hybridized carbons (Fsp3) is 0.588. The Balaban J connectivity index is 1.12. The third-order valence-electron chi connectivity index (χ3n) is 9.49. The largest absolute Gasteiger partial charge is 0.372 e. The van der Waals surface area contributed by atoms with E-state index in [1.54, 1.807) is 5.70 Å². The van der Waals surface area contributed by atoms with Gasteiger partial charge in [0.15, 0.2) is 0 Å². The maximum atomic E-state index is 3.97. The molecule has 3 nitrogen and oxygen atoms in total. The molecule has 1 aliphatic heterocycles. The van der Waals surface area contributed by atoms with Gasteiger partial charge >= 0.3 is 0 Å². The van der Waals surface area contributed by atoms with Gasteiger partial charge in [0, 0.05) is 43.8 Å². The summed E-state index contributed by atoms with van der Waals surface area (Å²) in [5.74, 6) is 2.48. The van der Waals surface area contributed by atoms with Crippen molar-refractivity contribution in [2.75, 3.05) is 32.7 Å². The Morgan fingerprint density at radius 3 is 1.95 bits per heavy atom. The first kappa shape index (κ1) is 26.5. The van der Waals surface area contributed by atoms with Crippen molar-refractivity contribution < 1.29 is 0 Å². The number of piperazine rings is 1. The van der Waals surface area contributed by atoms with Crippen LogP contribution in [0.5, 0.6) is 0 Å². The molecule has 1 heterocycles. The predicted octanol–water partition coefficient (Wildman–Crippen LogP) is 7.13. The first-order valence-electron chi connectivity index (χ1n) is 14.9. The number of benzene rings is 2. The topological polar surface area (TPSA) is 18.5 Å². The lowest BCUT2D eigenvalue weighted by molar-refractivity contribution is 0.126. The zero-order valence-corrected chi connectivity index (χ0v) is 23.7. The highest BCUT2D eigenvalue weighted by molar-refractivity contribution is 5.32. The number of nitrogens with one attached hydrogen (secondary N) is 1. The van der Waals surface area contributed by atoms with Crippen LogP contribution in [0.3, 0.4) is 0 Å². The molecule has 0 aromatic heterocycles. The van der Waals surface area contributed by atoms with Gasteiger partial charge in [-0.3, -0.25) is 4.90 Å². The molecule has 200 valence electrons. The molecule has 0 spiro atoms. The van der Waals surface area contributed by atoms with E-state index in [0.717, 1.165) is 50.0 Å². The minimum atomic E-state index is 0.338. The number of nitrogens with zero attached hydrogens (tertiary/aromatic N) is 2. The van der Waals surface area contributed by atoms with Crippen LogP contribution in [0.1, 0.15) is 77.0 Å². The summed E-state index contributed by atoms with van der Waals surface area (Å²) in [4.78, 5) is 5.39. The molecule has 2 saturated carbocycles. The smallest absolute Gasteiger partial charge is 0.0603 e. The van der Waals surface area contributed by atoms with Gasteiger partial charge in [-0.25, -0.2) is 0 Å². The highest BCUT2D eigenvalue weighted by atomic mass is 15.3. The van der Waals surface area contributed by atoms with E-state index in [-0.39, 0.29) is 0 Å². The fourth-order valence-corrected chi connectivity index (χ4v) is 7.07. The molecule has 0 bridgehead atoms. The third-order valence-corrected chi connectivity index (χ3v) is 9.49. The maximum absolute atomic E-state index is 3.97. The summed E-state index contributed by atoms with van der Waals surface area (Å²) in [7, 11) is 0. The highest BCUT2D eigenvalue weighted by Crippen LogP contribution is 2.46. The van der Waals surface area contributed by atoms with Crippen molar-refractivity contribution in [2.45, 2.75) is 71.9 Å². The van der Waals surface area contributed by atoms with Crippen molar-refractivity contribution in [2.24, 2.45) is 23.2 Å². The molecule has 2 atom stereocenters. The minimum absolute atomic E-state index is 0.338. The van der Waals surface area contributed by atoms with Crippen LogP contribution in [-0.2, 0) is 0 Å². The average Bonchev–Trinajstić information content (AvgIpc) is 3.69. The van der Waals surface area contributed by atoms with E-state index in [4.69, 9.17) is 0 Å². The summed E-state index contributed by atoms with van der Waals surface area (Å²) >= 11 is 0. The van der Waals surface area contributed by atoms with Crippen LogP contribution in [-0.4, -0.2) is 48.6 Å². The number of allylic oxidation sites excluding steroid dienone is 2. The summed E-state index contributed by atoms with van der Waals surface area (Å²) in [6, 6.07) is 23.2. The van der Waals surface area contributed by atoms with Gasteiger partial charge in [-0.05, 0) is 74.0 Å².